The number of anilines is 2. The number of halogens is 1. The predicted octanol–water partition coefficient (Wildman–Crippen LogP) is 2.48. The Labute approximate surface area is 137 Å². The van der Waals surface area contributed by atoms with E-state index in [1.165, 1.54) is 6.07 Å². The molecule has 0 atom stereocenters. The Morgan fingerprint density at radius 1 is 1.12 bits per heavy atom. The van der Waals surface area contributed by atoms with Gasteiger partial charge in [0.15, 0.2) is 0 Å². The van der Waals surface area contributed by atoms with Crippen molar-refractivity contribution in [3.05, 3.63) is 47.5 Å². The maximum absolute atomic E-state index is 13.2. The average Bonchev–Trinajstić information content (AvgIpc) is 2.84. The van der Waals surface area contributed by atoms with Gasteiger partial charge >= 0.3 is 0 Å². The first-order valence-corrected chi connectivity index (χ1v) is 7.68. The number of aryl methyl sites for hydroxylation is 1. The minimum Gasteiger partial charge on any atom is -0.341 e. The summed E-state index contributed by atoms with van der Waals surface area (Å²) < 4.78 is 15.2. The van der Waals surface area contributed by atoms with Crippen molar-refractivity contribution >= 4 is 28.6 Å². The highest BCUT2D eigenvalue weighted by Crippen LogP contribution is 2.30. The van der Waals surface area contributed by atoms with Crippen LogP contribution in [-0.4, -0.2) is 38.9 Å². The molecule has 0 fully saturated rings. The van der Waals surface area contributed by atoms with Crippen LogP contribution >= 0.6 is 0 Å². The lowest BCUT2D eigenvalue weighted by atomic mass is 10.1. The third kappa shape index (κ3) is 2.20. The number of likely N-dealkylation sites (N-methyl/N-ethyl adjacent to an activating group) is 1. The molecule has 24 heavy (non-hydrogen) atoms. The van der Waals surface area contributed by atoms with E-state index in [-0.39, 0.29) is 5.91 Å². The largest absolute Gasteiger partial charge is 0.341 e. The van der Waals surface area contributed by atoms with Crippen LogP contribution in [0.5, 0.6) is 0 Å². The van der Waals surface area contributed by atoms with Crippen molar-refractivity contribution < 1.29 is 9.18 Å². The molecule has 0 spiro atoms. The number of nitrogens with one attached hydrogen (secondary N) is 1. The molecule has 0 aliphatic carbocycles. The zero-order valence-corrected chi connectivity index (χ0v) is 13.4. The van der Waals surface area contributed by atoms with Gasteiger partial charge in [-0.2, -0.15) is 4.39 Å². The van der Waals surface area contributed by atoms with Gasteiger partial charge in [-0.05, 0) is 24.3 Å². The summed E-state index contributed by atoms with van der Waals surface area (Å²) in [7, 11) is 3.72. The Morgan fingerprint density at radius 2 is 1.92 bits per heavy atom. The lowest BCUT2D eigenvalue weighted by Gasteiger charge is -2.23. The second-order valence-electron chi connectivity index (χ2n) is 5.90. The van der Waals surface area contributed by atoms with Crippen LogP contribution in [0.1, 0.15) is 16.1 Å². The molecule has 1 aliphatic heterocycles. The number of amides is 1. The molecule has 3 aromatic heterocycles. The van der Waals surface area contributed by atoms with Crippen LogP contribution in [0.15, 0.2) is 30.3 Å². The molecule has 1 N–H and O–H groups in total. The second-order valence-corrected chi connectivity index (χ2v) is 5.90. The molecule has 1 aliphatic rings. The lowest BCUT2D eigenvalue weighted by Crippen LogP contribution is -2.34. The fourth-order valence-electron chi connectivity index (χ4n) is 3.13. The fraction of sp³-hybridized carbons (Fsp3) is 0.235. The number of fused-ring (bicyclic) bond motifs is 3. The van der Waals surface area contributed by atoms with Crippen molar-refractivity contribution in [2.24, 2.45) is 7.05 Å². The van der Waals surface area contributed by atoms with E-state index in [1.54, 1.807) is 23.1 Å². The molecule has 0 bridgehead atoms. The molecule has 0 aromatic carbocycles. The monoisotopic (exact) mass is 325 g/mol. The van der Waals surface area contributed by atoms with Gasteiger partial charge in [0.2, 0.25) is 5.95 Å². The van der Waals surface area contributed by atoms with Crippen molar-refractivity contribution in [3.8, 4) is 0 Å². The van der Waals surface area contributed by atoms with Crippen LogP contribution in [-0.2, 0) is 13.5 Å². The quantitative estimate of drug-likeness (QED) is 0.735. The molecule has 0 unspecified atom stereocenters. The zero-order valence-electron chi connectivity index (χ0n) is 13.4. The summed E-state index contributed by atoms with van der Waals surface area (Å²) >= 11 is 0. The highest BCUT2D eigenvalue weighted by molar-refractivity contribution is 6.08. The van der Waals surface area contributed by atoms with Crippen LogP contribution < -0.4 is 5.32 Å². The first kappa shape index (κ1) is 14.6. The van der Waals surface area contributed by atoms with Crippen LogP contribution in [0.4, 0.5) is 16.0 Å². The number of pyridine rings is 2. The van der Waals surface area contributed by atoms with E-state index in [2.05, 4.69) is 15.3 Å². The summed E-state index contributed by atoms with van der Waals surface area (Å²) in [6.45, 7) is 0.703. The standard InChI is InChI=1S/C17H16FN5O/c1-22-9-8-11-15(17(22)24)10-6-7-14(21-16(10)23(11)2)20-13-5-3-4-12(18)19-13/h3-7H,8-9H2,1-2H3,(H,19,20,21). The van der Waals surface area contributed by atoms with E-state index in [1.807, 2.05) is 24.7 Å². The molecule has 0 saturated heterocycles. The molecule has 0 radical (unpaired) electrons. The van der Waals surface area contributed by atoms with Gasteiger partial charge in [0, 0.05) is 38.1 Å². The highest BCUT2D eigenvalue weighted by atomic mass is 19.1. The van der Waals surface area contributed by atoms with Crippen molar-refractivity contribution in [1.82, 2.24) is 19.4 Å². The topological polar surface area (TPSA) is 63.0 Å². The van der Waals surface area contributed by atoms with Crippen molar-refractivity contribution in [2.75, 3.05) is 18.9 Å². The van der Waals surface area contributed by atoms with E-state index in [9.17, 15) is 9.18 Å². The maximum atomic E-state index is 13.2. The predicted molar refractivity (Wildman–Crippen MR) is 88.9 cm³/mol. The van der Waals surface area contributed by atoms with Gasteiger partial charge in [-0.15, -0.1) is 0 Å². The van der Waals surface area contributed by atoms with Crippen LogP contribution in [0.3, 0.4) is 0 Å². The lowest BCUT2D eigenvalue weighted by molar-refractivity contribution is 0.0781. The third-order valence-electron chi connectivity index (χ3n) is 4.37. The Morgan fingerprint density at radius 3 is 2.71 bits per heavy atom. The normalized spacial score (nSPS) is 14.1. The van der Waals surface area contributed by atoms with E-state index < -0.39 is 5.95 Å². The minimum absolute atomic E-state index is 0.0242. The molecule has 4 heterocycles. The SMILES string of the molecule is CN1CCc2c(c3ccc(Nc4cccc(F)n4)nc3n2C)C1=O. The molecule has 0 saturated carbocycles. The van der Waals surface area contributed by atoms with E-state index >= 15 is 0 Å². The van der Waals surface area contributed by atoms with Crippen LogP contribution in [0.2, 0.25) is 0 Å². The summed E-state index contributed by atoms with van der Waals surface area (Å²) in [6.07, 6.45) is 0.804. The van der Waals surface area contributed by atoms with Gasteiger partial charge in [0.25, 0.3) is 5.91 Å². The first-order chi connectivity index (χ1) is 11.5. The van der Waals surface area contributed by atoms with Gasteiger partial charge < -0.3 is 14.8 Å². The van der Waals surface area contributed by atoms with Crippen molar-refractivity contribution in [3.63, 3.8) is 0 Å². The van der Waals surface area contributed by atoms with Crippen LogP contribution in [0.25, 0.3) is 11.0 Å². The molecule has 1 amide bonds. The number of aromatic nitrogens is 3. The molecule has 3 aromatic rings. The summed E-state index contributed by atoms with van der Waals surface area (Å²) in [6, 6.07) is 8.19. The molecule has 6 nitrogen and oxygen atoms in total. The third-order valence-corrected chi connectivity index (χ3v) is 4.37. The summed E-state index contributed by atoms with van der Waals surface area (Å²) in [5.41, 5.74) is 2.45. The van der Waals surface area contributed by atoms with Crippen molar-refractivity contribution in [2.45, 2.75) is 6.42 Å². The molecule has 4 rings (SSSR count). The Kier molecular flexibility index (Phi) is 3.23. The summed E-state index contributed by atoms with van der Waals surface area (Å²) in [5, 5.41) is 3.83. The fourth-order valence-corrected chi connectivity index (χ4v) is 3.13. The number of carbonyl (C=O) groups excluding carboxylic acids is 1. The number of nitrogens with zero attached hydrogens (tertiary/aromatic N) is 4. The summed E-state index contributed by atoms with van der Waals surface area (Å²) in [5.74, 6) is 0.413. The molecule has 7 heteroatoms. The van der Waals surface area contributed by atoms with Crippen molar-refractivity contribution in [1.29, 1.82) is 0 Å². The van der Waals surface area contributed by atoms with Gasteiger partial charge in [-0.1, -0.05) is 6.07 Å². The van der Waals surface area contributed by atoms with E-state index in [0.717, 1.165) is 28.7 Å². The van der Waals surface area contributed by atoms with Gasteiger partial charge in [-0.3, -0.25) is 4.79 Å². The van der Waals surface area contributed by atoms with Gasteiger partial charge in [0.05, 0.1) is 5.56 Å². The average molecular weight is 325 g/mol. The van der Waals surface area contributed by atoms with E-state index in [0.29, 0.717) is 18.2 Å². The maximum Gasteiger partial charge on any atom is 0.256 e. The molecular weight excluding hydrogens is 309 g/mol. The van der Waals surface area contributed by atoms with E-state index in [4.69, 9.17) is 0 Å². The molecule has 122 valence electrons. The number of hydrogen-bond acceptors (Lipinski definition) is 4. The Hall–Kier alpha value is -2.96. The Bertz CT molecular complexity index is 965. The second kappa shape index (κ2) is 5.30. The Balaban J connectivity index is 1.79. The minimum atomic E-state index is -0.552. The number of rotatable bonds is 2. The number of hydrogen-bond donors (Lipinski definition) is 1. The van der Waals surface area contributed by atoms with Gasteiger partial charge in [-0.25, -0.2) is 9.97 Å². The number of carbonyl (C=O) groups is 1. The molecular formula is C17H16FN5O. The van der Waals surface area contributed by atoms with Gasteiger partial charge in [0.1, 0.15) is 17.3 Å². The highest BCUT2D eigenvalue weighted by Gasteiger charge is 2.28. The smallest absolute Gasteiger partial charge is 0.256 e. The first-order valence-electron chi connectivity index (χ1n) is 7.68. The summed E-state index contributed by atoms with van der Waals surface area (Å²) in [4.78, 5) is 22.6. The van der Waals surface area contributed by atoms with Crippen LogP contribution in [0, 0.1) is 5.95 Å². The zero-order chi connectivity index (χ0) is 16.8.